The molecule has 0 aliphatic carbocycles. The summed E-state index contributed by atoms with van der Waals surface area (Å²) >= 11 is 6.12. The third-order valence-corrected chi connectivity index (χ3v) is 3.66. The van der Waals surface area contributed by atoms with E-state index in [0.717, 1.165) is 18.4 Å². The number of aryl methyl sites for hydroxylation is 1. The van der Waals surface area contributed by atoms with Crippen molar-refractivity contribution >= 4 is 11.6 Å². The van der Waals surface area contributed by atoms with E-state index in [4.69, 9.17) is 11.6 Å². The van der Waals surface area contributed by atoms with Crippen molar-refractivity contribution in [2.75, 3.05) is 7.05 Å². The highest BCUT2D eigenvalue weighted by atomic mass is 35.5. The molecule has 2 atom stereocenters. The first kappa shape index (κ1) is 14.5. The van der Waals surface area contributed by atoms with Gasteiger partial charge in [0.15, 0.2) is 0 Å². The molecule has 1 N–H and O–H groups in total. The van der Waals surface area contributed by atoms with Crippen LogP contribution in [0.4, 0.5) is 4.39 Å². The van der Waals surface area contributed by atoms with E-state index in [0.29, 0.717) is 16.5 Å². The van der Waals surface area contributed by atoms with Crippen LogP contribution in [0.5, 0.6) is 0 Å². The number of halogens is 2. The van der Waals surface area contributed by atoms with Crippen LogP contribution in [0.3, 0.4) is 0 Å². The summed E-state index contributed by atoms with van der Waals surface area (Å²) < 4.78 is 13.4. The molecule has 2 unspecified atom stereocenters. The molecule has 0 saturated heterocycles. The maximum Gasteiger partial charge on any atom is 0.127 e. The minimum Gasteiger partial charge on any atom is -0.313 e. The molecule has 0 aromatic heterocycles. The molecule has 96 valence electrons. The third-order valence-electron chi connectivity index (χ3n) is 3.34. The molecule has 0 saturated carbocycles. The highest BCUT2D eigenvalue weighted by Gasteiger charge is 2.17. The maximum absolute atomic E-state index is 13.4. The molecule has 0 aliphatic heterocycles. The van der Waals surface area contributed by atoms with Crippen LogP contribution in [0.2, 0.25) is 5.02 Å². The van der Waals surface area contributed by atoms with Crippen LogP contribution >= 0.6 is 11.6 Å². The second-order valence-corrected chi connectivity index (χ2v) is 5.12. The van der Waals surface area contributed by atoms with E-state index in [1.165, 1.54) is 6.07 Å². The lowest BCUT2D eigenvalue weighted by atomic mass is 9.93. The van der Waals surface area contributed by atoms with E-state index in [1.54, 1.807) is 6.92 Å². The molecular weight excluding hydrogens is 237 g/mol. The van der Waals surface area contributed by atoms with Crippen molar-refractivity contribution in [3.8, 4) is 0 Å². The van der Waals surface area contributed by atoms with Gasteiger partial charge in [0.1, 0.15) is 5.82 Å². The van der Waals surface area contributed by atoms with E-state index in [-0.39, 0.29) is 11.9 Å². The minimum absolute atomic E-state index is 0.191. The highest BCUT2D eigenvalue weighted by Crippen LogP contribution is 2.30. The quantitative estimate of drug-likeness (QED) is 0.820. The summed E-state index contributed by atoms with van der Waals surface area (Å²) in [5, 5.41) is 3.77. The van der Waals surface area contributed by atoms with Crippen molar-refractivity contribution in [3.63, 3.8) is 0 Å². The Morgan fingerprint density at radius 1 is 1.41 bits per heavy atom. The molecule has 0 aliphatic rings. The Labute approximate surface area is 108 Å². The Morgan fingerprint density at radius 3 is 2.59 bits per heavy atom. The first-order valence-electron chi connectivity index (χ1n) is 6.12. The standard InChI is InChI=1S/C14H21ClFN/c1-5-9(2)6-14(17-4)11-7-10(3)13(16)8-12(11)15/h7-9,14,17H,5-6H2,1-4H3. The first-order chi connectivity index (χ1) is 7.99. The average molecular weight is 258 g/mol. The van der Waals surface area contributed by atoms with Crippen molar-refractivity contribution in [1.29, 1.82) is 0 Å². The van der Waals surface area contributed by atoms with Crippen molar-refractivity contribution in [3.05, 3.63) is 34.1 Å². The normalized spacial score (nSPS) is 14.7. The van der Waals surface area contributed by atoms with Gasteiger partial charge in [0, 0.05) is 11.1 Å². The Hall–Kier alpha value is -0.600. The molecule has 0 bridgehead atoms. The molecule has 0 radical (unpaired) electrons. The monoisotopic (exact) mass is 257 g/mol. The molecule has 17 heavy (non-hydrogen) atoms. The van der Waals surface area contributed by atoms with Crippen molar-refractivity contribution in [1.82, 2.24) is 5.32 Å². The van der Waals surface area contributed by atoms with Crippen LogP contribution in [0.15, 0.2) is 12.1 Å². The van der Waals surface area contributed by atoms with Gasteiger partial charge in [-0.2, -0.15) is 0 Å². The average Bonchev–Trinajstić information content (AvgIpc) is 2.30. The Balaban J connectivity index is 2.99. The van der Waals surface area contributed by atoms with Crippen LogP contribution < -0.4 is 5.32 Å². The van der Waals surface area contributed by atoms with Gasteiger partial charge in [-0.25, -0.2) is 4.39 Å². The van der Waals surface area contributed by atoms with E-state index in [2.05, 4.69) is 19.2 Å². The molecule has 1 rings (SSSR count). The fourth-order valence-corrected chi connectivity index (χ4v) is 2.20. The van der Waals surface area contributed by atoms with Crippen LogP contribution in [0, 0.1) is 18.7 Å². The fourth-order valence-electron chi connectivity index (χ4n) is 1.92. The zero-order valence-corrected chi connectivity index (χ0v) is 11.7. The third kappa shape index (κ3) is 3.68. The lowest BCUT2D eigenvalue weighted by Gasteiger charge is -2.22. The van der Waals surface area contributed by atoms with Crippen LogP contribution in [0.1, 0.15) is 43.9 Å². The predicted molar refractivity (Wildman–Crippen MR) is 72.0 cm³/mol. The summed E-state index contributed by atoms with van der Waals surface area (Å²) in [5.41, 5.74) is 1.64. The minimum atomic E-state index is -0.239. The van der Waals surface area contributed by atoms with Gasteiger partial charge in [-0.15, -0.1) is 0 Å². The molecule has 0 heterocycles. The molecule has 0 spiro atoms. The molecule has 3 heteroatoms. The molecule has 0 amide bonds. The summed E-state index contributed by atoms with van der Waals surface area (Å²) in [6.07, 6.45) is 2.15. The van der Waals surface area contributed by atoms with Crippen molar-refractivity contribution < 1.29 is 4.39 Å². The number of hydrogen-bond acceptors (Lipinski definition) is 1. The number of rotatable bonds is 5. The predicted octanol–water partition coefficient (Wildman–Crippen LogP) is 4.48. The second kappa shape index (κ2) is 6.36. The second-order valence-electron chi connectivity index (χ2n) is 4.71. The van der Waals surface area contributed by atoms with Gasteiger partial charge in [0.05, 0.1) is 0 Å². The number of hydrogen-bond donors (Lipinski definition) is 1. The number of benzene rings is 1. The maximum atomic E-state index is 13.4. The summed E-state index contributed by atoms with van der Waals surface area (Å²) in [5.74, 6) is 0.381. The summed E-state index contributed by atoms with van der Waals surface area (Å²) in [6.45, 7) is 6.16. The summed E-state index contributed by atoms with van der Waals surface area (Å²) in [7, 11) is 1.92. The summed E-state index contributed by atoms with van der Waals surface area (Å²) in [6, 6.07) is 3.45. The Bertz CT molecular complexity index is 379. The van der Waals surface area contributed by atoms with Gasteiger partial charge in [-0.3, -0.25) is 0 Å². The summed E-state index contributed by atoms with van der Waals surface area (Å²) in [4.78, 5) is 0. The number of nitrogens with one attached hydrogen (secondary N) is 1. The SMILES string of the molecule is CCC(C)CC(NC)c1cc(C)c(F)cc1Cl. The van der Waals surface area contributed by atoms with Crippen molar-refractivity contribution in [2.24, 2.45) is 5.92 Å². The molecule has 1 aromatic carbocycles. The van der Waals surface area contributed by atoms with Gasteiger partial charge in [0.25, 0.3) is 0 Å². The van der Waals surface area contributed by atoms with Crippen molar-refractivity contribution in [2.45, 2.75) is 39.7 Å². The van der Waals surface area contributed by atoms with Gasteiger partial charge in [-0.05, 0) is 43.5 Å². The van der Waals surface area contributed by atoms with Gasteiger partial charge < -0.3 is 5.32 Å². The topological polar surface area (TPSA) is 12.0 Å². The lowest BCUT2D eigenvalue weighted by molar-refractivity contribution is 0.421. The molecule has 1 nitrogen and oxygen atoms in total. The zero-order chi connectivity index (χ0) is 13.0. The van der Waals surface area contributed by atoms with Crippen LogP contribution in [-0.4, -0.2) is 7.05 Å². The van der Waals surface area contributed by atoms with E-state index < -0.39 is 0 Å². The molecule has 1 aromatic rings. The smallest absolute Gasteiger partial charge is 0.127 e. The van der Waals surface area contributed by atoms with Gasteiger partial charge in [0.2, 0.25) is 0 Å². The van der Waals surface area contributed by atoms with E-state index in [9.17, 15) is 4.39 Å². The van der Waals surface area contributed by atoms with E-state index in [1.807, 2.05) is 13.1 Å². The lowest BCUT2D eigenvalue weighted by Crippen LogP contribution is -2.19. The Kier molecular flexibility index (Phi) is 5.41. The fraction of sp³-hybridized carbons (Fsp3) is 0.571. The largest absolute Gasteiger partial charge is 0.313 e. The zero-order valence-electron chi connectivity index (χ0n) is 11.0. The Morgan fingerprint density at radius 2 is 2.06 bits per heavy atom. The highest BCUT2D eigenvalue weighted by molar-refractivity contribution is 6.31. The molecular formula is C14H21ClFN. The van der Waals surface area contributed by atoms with E-state index >= 15 is 0 Å². The first-order valence-corrected chi connectivity index (χ1v) is 6.50. The van der Waals surface area contributed by atoms with Crippen LogP contribution in [0.25, 0.3) is 0 Å². The van der Waals surface area contributed by atoms with Gasteiger partial charge >= 0.3 is 0 Å². The van der Waals surface area contributed by atoms with Crippen LogP contribution in [-0.2, 0) is 0 Å². The van der Waals surface area contributed by atoms with Gasteiger partial charge in [-0.1, -0.05) is 37.9 Å². The molecule has 0 fully saturated rings.